The van der Waals surface area contributed by atoms with E-state index in [0.29, 0.717) is 28.2 Å². The van der Waals surface area contributed by atoms with Crippen molar-refractivity contribution >= 4 is 40.5 Å². The van der Waals surface area contributed by atoms with Gasteiger partial charge in [0.2, 0.25) is 0 Å². The molecule has 0 atom stereocenters. The summed E-state index contributed by atoms with van der Waals surface area (Å²) in [6.07, 6.45) is 5.03. The van der Waals surface area contributed by atoms with Gasteiger partial charge >= 0.3 is 0 Å². The van der Waals surface area contributed by atoms with Crippen LogP contribution in [0.1, 0.15) is 5.56 Å². The average molecular weight is 346 g/mol. The summed E-state index contributed by atoms with van der Waals surface area (Å²) < 4.78 is 0. The van der Waals surface area contributed by atoms with Gasteiger partial charge in [0.1, 0.15) is 18.0 Å². The van der Waals surface area contributed by atoms with E-state index < -0.39 is 0 Å². The molecule has 0 radical (unpaired) electrons. The number of benzene rings is 1. The third-order valence-electron chi connectivity index (χ3n) is 3.06. The first-order chi connectivity index (χ1) is 11.2. The van der Waals surface area contributed by atoms with Gasteiger partial charge in [0, 0.05) is 30.0 Å². The van der Waals surface area contributed by atoms with Crippen LogP contribution in [-0.4, -0.2) is 15.0 Å². The van der Waals surface area contributed by atoms with Gasteiger partial charge in [0.25, 0.3) is 0 Å². The van der Waals surface area contributed by atoms with Gasteiger partial charge in [-0.2, -0.15) is 0 Å². The zero-order chi connectivity index (χ0) is 16.1. The smallest absolute Gasteiger partial charge is 0.135 e. The topological polar surface area (TPSA) is 62.7 Å². The molecule has 5 nitrogen and oxygen atoms in total. The number of hydrogen-bond donors (Lipinski definition) is 2. The number of rotatable bonds is 5. The fraction of sp³-hybridized carbons (Fsp3) is 0.0625. The summed E-state index contributed by atoms with van der Waals surface area (Å²) in [4.78, 5) is 12.5. The summed E-state index contributed by atoms with van der Waals surface area (Å²) in [5, 5.41) is 7.48. The van der Waals surface area contributed by atoms with Crippen LogP contribution >= 0.6 is 23.2 Å². The lowest BCUT2D eigenvalue weighted by atomic mass is 10.3. The Morgan fingerprint density at radius 1 is 1.00 bits per heavy atom. The van der Waals surface area contributed by atoms with Crippen LogP contribution in [0, 0.1) is 0 Å². The Labute approximate surface area is 143 Å². The SMILES string of the molecule is Clc1ccc(Nc2cc(NCc3cccnc3)ncn2)c(Cl)c1. The van der Waals surface area contributed by atoms with Crippen molar-refractivity contribution in [3.05, 3.63) is 70.7 Å². The maximum Gasteiger partial charge on any atom is 0.135 e. The Kier molecular flexibility index (Phi) is 4.90. The number of halogens is 2. The first-order valence-electron chi connectivity index (χ1n) is 6.87. The molecule has 0 saturated heterocycles. The first-order valence-corrected chi connectivity index (χ1v) is 7.63. The fourth-order valence-electron chi connectivity index (χ4n) is 1.95. The van der Waals surface area contributed by atoms with Crippen LogP contribution in [0.2, 0.25) is 10.0 Å². The molecule has 3 rings (SSSR count). The van der Waals surface area contributed by atoms with E-state index in [-0.39, 0.29) is 0 Å². The van der Waals surface area contributed by atoms with Crippen LogP contribution < -0.4 is 10.6 Å². The minimum atomic E-state index is 0.529. The summed E-state index contributed by atoms with van der Waals surface area (Å²) in [7, 11) is 0. The monoisotopic (exact) mass is 345 g/mol. The Morgan fingerprint density at radius 3 is 2.65 bits per heavy atom. The maximum atomic E-state index is 6.15. The van der Waals surface area contributed by atoms with Crippen LogP contribution in [-0.2, 0) is 6.54 Å². The molecule has 116 valence electrons. The number of anilines is 3. The molecule has 0 aliphatic heterocycles. The average Bonchev–Trinajstić information content (AvgIpc) is 2.57. The molecule has 7 heteroatoms. The van der Waals surface area contributed by atoms with E-state index in [9.17, 15) is 0 Å². The molecular formula is C16H13Cl2N5. The van der Waals surface area contributed by atoms with Gasteiger partial charge in [-0.15, -0.1) is 0 Å². The van der Waals surface area contributed by atoms with Crippen LogP contribution in [0.25, 0.3) is 0 Å². The molecule has 0 unspecified atom stereocenters. The lowest BCUT2D eigenvalue weighted by Crippen LogP contribution is -2.03. The molecule has 1 aromatic carbocycles. The predicted molar refractivity (Wildman–Crippen MR) is 93.3 cm³/mol. The van der Waals surface area contributed by atoms with E-state index in [2.05, 4.69) is 25.6 Å². The van der Waals surface area contributed by atoms with Crippen LogP contribution in [0.4, 0.5) is 17.3 Å². The minimum Gasteiger partial charge on any atom is -0.366 e. The Hall–Kier alpha value is -2.37. The number of nitrogens with one attached hydrogen (secondary N) is 2. The molecule has 23 heavy (non-hydrogen) atoms. The third-order valence-corrected chi connectivity index (χ3v) is 3.61. The van der Waals surface area contributed by atoms with Crippen LogP contribution in [0.3, 0.4) is 0 Å². The highest BCUT2D eigenvalue weighted by Gasteiger charge is 2.04. The highest BCUT2D eigenvalue weighted by atomic mass is 35.5. The Morgan fingerprint density at radius 2 is 1.87 bits per heavy atom. The van der Waals surface area contributed by atoms with E-state index >= 15 is 0 Å². The minimum absolute atomic E-state index is 0.529. The van der Waals surface area contributed by atoms with Crippen LogP contribution in [0.5, 0.6) is 0 Å². The molecular weight excluding hydrogens is 333 g/mol. The predicted octanol–water partition coefficient (Wildman–Crippen LogP) is 4.53. The summed E-state index contributed by atoms with van der Waals surface area (Å²) in [6, 6.07) is 10.9. The van der Waals surface area contributed by atoms with E-state index in [0.717, 1.165) is 11.3 Å². The Balaban J connectivity index is 1.69. The molecule has 0 amide bonds. The molecule has 0 saturated carbocycles. The van der Waals surface area contributed by atoms with Crippen molar-refractivity contribution in [3.63, 3.8) is 0 Å². The Bertz CT molecular complexity index is 795. The normalized spacial score (nSPS) is 10.3. The molecule has 0 aliphatic rings. The third kappa shape index (κ3) is 4.31. The van der Waals surface area contributed by atoms with E-state index in [1.165, 1.54) is 6.33 Å². The van der Waals surface area contributed by atoms with Crippen molar-refractivity contribution in [1.82, 2.24) is 15.0 Å². The molecule has 2 heterocycles. The quantitative estimate of drug-likeness (QED) is 0.710. The van der Waals surface area contributed by atoms with Gasteiger partial charge in [-0.25, -0.2) is 9.97 Å². The standard InChI is InChI=1S/C16H13Cl2N5/c17-12-3-4-14(13(18)6-12)23-16-7-15(21-10-22-16)20-9-11-2-1-5-19-8-11/h1-8,10H,9H2,(H2,20,21,22,23). The molecule has 3 aromatic rings. The zero-order valence-electron chi connectivity index (χ0n) is 12.0. The first kappa shape index (κ1) is 15.5. The molecule has 0 spiro atoms. The molecule has 0 aliphatic carbocycles. The fourth-order valence-corrected chi connectivity index (χ4v) is 2.40. The van der Waals surface area contributed by atoms with Gasteiger partial charge in [-0.3, -0.25) is 4.98 Å². The number of hydrogen-bond acceptors (Lipinski definition) is 5. The highest BCUT2D eigenvalue weighted by Crippen LogP contribution is 2.27. The van der Waals surface area contributed by atoms with Gasteiger partial charge in [0.05, 0.1) is 10.7 Å². The second kappa shape index (κ2) is 7.26. The van der Waals surface area contributed by atoms with Crippen molar-refractivity contribution in [2.24, 2.45) is 0 Å². The molecule has 0 bridgehead atoms. The van der Waals surface area contributed by atoms with E-state index in [1.54, 1.807) is 36.7 Å². The largest absolute Gasteiger partial charge is 0.366 e. The summed E-state index contributed by atoms with van der Waals surface area (Å²) in [5.41, 5.74) is 1.80. The van der Waals surface area contributed by atoms with Gasteiger partial charge in [-0.1, -0.05) is 29.3 Å². The number of aromatic nitrogens is 3. The second-order valence-corrected chi connectivity index (χ2v) is 5.60. The van der Waals surface area contributed by atoms with Gasteiger partial charge < -0.3 is 10.6 Å². The lowest BCUT2D eigenvalue weighted by molar-refractivity contribution is 1.07. The summed E-state index contributed by atoms with van der Waals surface area (Å²) >= 11 is 12.0. The summed E-state index contributed by atoms with van der Waals surface area (Å²) in [6.45, 7) is 0.631. The van der Waals surface area contributed by atoms with Crippen molar-refractivity contribution in [1.29, 1.82) is 0 Å². The lowest BCUT2D eigenvalue weighted by Gasteiger charge is -2.10. The maximum absolute atomic E-state index is 6.15. The van der Waals surface area contributed by atoms with Crippen LogP contribution in [0.15, 0.2) is 55.1 Å². The molecule has 2 N–H and O–H groups in total. The number of pyridine rings is 1. The van der Waals surface area contributed by atoms with E-state index in [1.807, 2.05) is 12.1 Å². The van der Waals surface area contributed by atoms with Crippen molar-refractivity contribution in [3.8, 4) is 0 Å². The summed E-state index contributed by atoms with van der Waals surface area (Å²) in [5.74, 6) is 1.34. The zero-order valence-corrected chi connectivity index (χ0v) is 13.5. The molecule has 0 fully saturated rings. The van der Waals surface area contributed by atoms with E-state index in [4.69, 9.17) is 23.2 Å². The molecule has 2 aromatic heterocycles. The second-order valence-electron chi connectivity index (χ2n) is 4.75. The highest BCUT2D eigenvalue weighted by molar-refractivity contribution is 6.36. The van der Waals surface area contributed by atoms with Gasteiger partial charge in [0.15, 0.2) is 0 Å². The number of nitrogens with zero attached hydrogens (tertiary/aromatic N) is 3. The van der Waals surface area contributed by atoms with Crippen molar-refractivity contribution in [2.75, 3.05) is 10.6 Å². The van der Waals surface area contributed by atoms with Crippen molar-refractivity contribution < 1.29 is 0 Å². The van der Waals surface area contributed by atoms with Gasteiger partial charge in [-0.05, 0) is 29.8 Å². The van der Waals surface area contributed by atoms with Crippen molar-refractivity contribution in [2.45, 2.75) is 6.54 Å².